The van der Waals surface area contributed by atoms with E-state index in [1.807, 2.05) is 42.2 Å². The van der Waals surface area contributed by atoms with Crippen molar-refractivity contribution in [2.24, 2.45) is 0 Å². The second kappa shape index (κ2) is 5.10. The molecule has 0 saturated carbocycles. The van der Waals surface area contributed by atoms with E-state index in [1.165, 1.54) is 5.56 Å². The Morgan fingerprint density at radius 1 is 1.18 bits per heavy atom. The van der Waals surface area contributed by atoms with E-state index in [2.05, 4.69) is 4.74 Å². The Morgan fingerprint density at radius 3 is 2.35 bits per heavy atom. The molecule has 2 rings (SSSR count). The molecule has 1 aromatic carbocycles. The molecule has 0 N–H and O–H groups in total. The highest BCUT2D eigenvalue weighted by Gasteiger charge is 2.27. The van der Waals surface area contributed by atoms with Gasteiger partial charge in [-0.05, 0) is 18.9 Å². The fraction of sp³-hybridized carbons (Fsp3) is 0.385. The summed E-state index contributed by atoms with van der Waals surface area (Å²) in [5, 5.41) is 0. The molecule has 0 amide bonds. The number of nitrogens with zero attached hydrogens (tertiary/aromatic N) is 1. The van der Waals surface area contributed by atoms with E-state index in [1.54, 1.807) is 0 Å². The van der Waals surface area contributed by atoms with Gasteiger partial charge in [0.25, 0.3) is 0 Å². The molecule has 1 atom stereocenters. The van der Waals surface area contributed by atoms with E-state index >= 15 is 0 Å². The Kier molecular flexibility index (Phi) is 3.54. The normalized spacial score (nSPS) is 18.9. The average molecular weight is 233 g/mol. The van der Waals surface area contributed by atoms with Gasteiger partial charge in [-0.15, -0.1) is 0 Å². The quantitative estimate of drug-likeness (QED) is 0.577. The van der Waals surface area contributed by atoms with Crippen LogP contribution in [0.5, 0.6) is 0 Å². The molecule has 0 radical (unpaired) electrons. The number of carbonyl (C=O) groups excluding carboxylic acids is 2. The monoisotopic (exact) mass is 233 g/mol. The SMILES string of the molecule is CC(Cc1ccccc1)N1CC(=O)OC(=O)C1. The lowest BCUT2D eigenvalue weighted by Crippen LogP contribution is -2.47. The van der Waals surface area contributed by atoms with E-state index in [0.29, 0.717) is 0 Å². The Bertz CT molecular complexity index is 400. The third-order valence-corrected chi connectivity index (χ3v) is 2.89. The minimum absolute atomic E-state index is 0.147. The first-order valence-corrected chi connectivity index (χ1v) is 5.66. The predicted octanol–water partition coefficient (Wildman–Crippen LogP) is 1.00. The summed E-state index contributed by atoms with van der Waals surface area (Å²) in [4.78, 5) is 24.2. The van der Waals surface area contributed by atoms with E-state index in [0.717, 1.165) is 6.42 Å². The summed E-state index contributed by atoms with van der Waals surface area (Å²) >= 11 is 0. The van der Waals surface area contributed by atoms with Crippen LogP contribution in [0.15, 0.2) is 30.3 Å². The van der Waals surface area contributed by atoms with Gasteiger partial charge in [0.15, 0.2) is 0 Å². The van der Waals surface area contributed by atoms with Gasteiger partial charge in [-0.1, -0.05) is 30.3 Å². The van der Waals surface area contributed by atoms with Crippen molar-refractivity contribution in [3.8, 4) is 0 Å². The van der Waals surface area contributed by atoms with Crippen molar-refractivity contribution in [2.75, 3.05) is 13.1 Å². The molecular formula is C13H15NO3. The number of rotatable bonds is 3. The van der Waals surface area contributed by atoms with Crippen molar-refractivity contribution in [1.82, 2.24) is 4.90 Å². The summed E-state index contributed by atoms with van der Waals surface area (Å²) in [6.45, 7) is 2.40. The molecule has 1 heterocycles. The third kappa shape index (κ3) is 3.14. The molecule has 1 saturated heterocycles. The standard InChI is InChI=1S/C13H15NO3/c1-10(7-11-5-3-2-4-6-11)14-8-12(15)17-13(16)9-14/h2-6,10H,7-9H2,1H3. The molecular weight excluding hydrogens is 218 g/mol. The first-order chi connectivity index (χ1) is 8.15. The minimum Gasteiger partial charge on any atom is -0.391 e. The smallest absolute Gasteiger partial charge is 0.327 e. The summed E-state index contributed by atoms with van der Waals surface area (Å²) in [7, 11) is 0. The van der Waals surface area contributed by atoms with Gasteiger partial charge >= 0.3 is 11.9 Å². The largest absolute Gasteiger partial charge is 0.391 e. The van der Waals surface area contributed by atoms with E-state index in [9.17, 15) is 9.59 Å². The van der Waals surface area contributed by atoms with Crippen LogP contribution in [-0.2, 0) is 20.7 Å². The molecule has 0 aliphatic carbocycles. The number of benzene rings is 1. The maximum atomic E-state index is 11.2. The van der Waals surface area contributed by atoms with Crippen LogP contribution in [0.1, 0.15) is 12.5 Å². The zero-order chi connectivity index (χ0) is 12.3. The Hall–Kier alpha value is -1.68. The molecule has 17 heavy (non-hydrogen) atoms. The zero-order valence-corrected chi connectivity index (χ0v) is 9.76. The van der Waals surface area contributed by atoms with Crippen LogP contribution < -0.4 is 0 Å². The van der Waals surface area contributed by atoms with Crippen molar-refractivity contribution in [1.29, 1.82) is 0 Å². The number of cyclic esters (lactones) is 2. The second-order valence-electron chi connectivity index (χ2n) is 4.29. The highest BCUT2D eigenvalue weighted by molar-refractivity contribution is 5.90. The average Bonchev–Trinajstić information content (AvgIpc) is 2.29. The van der Waals surface area contributed by atoms with Crippen LogP contribution >= 0.6 is 0 Å². The Labute approximate surface area is 100 Å². The molecule has 0 aromatic heterocycles. The van der Waals surface area contributed by atoms with Crippen LogP contribution in [0.25, 0.3) is 0 Å². The highest BCUT2D eigenvalue weighted by Crippen LogP contribution is 2.11. The lowest BCUT2D eigenvalue weighted by Gasteiger charge is -2.30. The second-order valence-corrected chi connectivity index (χ2v) is 4.29. The summed E-state index contributed by atoms with van der Waals surface area (Å²) in [5.74, 6) is -0.915. The molecule has 1 aliphatic heterocycles. The van der Waals surface area contributed by atoms with Crippen molar-refractivity contribution in [3.63, 3.8) is 0 Å². The Morgan fingerprint density at radius 2 is 1.76 bits per heavy atom. The number of morpholine rings is 1. The number of esters is 2. The van der Waals surface area contributed by atoms with E-state index in [4.69, 9.17) is 0 Å². The Balaban J connectivity index is 1.98. The van der Waals surface area contributed by atoms with E-state index < -0.39 is 11.9 Å². The van der Waals surface area contributed by atoms with Crippen LogP contribution in [0.2, 0.25) is 0 Å². The summed E-state index contributed by atoms with van der Waals surface area (Å²) in [6, 6.07) is 10.2. The van der Waals surface area contributed by atoms with Crippen molar-refractivity contribution in [3.05, 3.63) is 35.9 Å². The molecule has 1 fully saturated rings. The van der Waals surface area contributed by atoms with Gasteiger partial charge in [0.2, 0.25) is 0 Å². The fourth-order valence-electron chi connectivity index (χ4n) is 1.98. The van der Waals surface area contributed by atoms with Gasteiger partial charge in [0, 0.05) is 6.04 Å². The van der Waals surface area contributed by atoms with Crippen LogP contribution in [0.3, 0.4) is 0 Å². The first-order valence-electron chi connectivity index (χ1n) is 5.66. The summed E-state index contributed by atoms with van der Waals surface area (Å²) < 4.78 is 4.50. The lowest BCUT2D eigenvalue weighted by molar-refractivity contribution is -0.167. The van der Waals surface area contributed by atoms with Crippen molar-refractivity contribution >= 4 is 11.9 Å². The van der Waals surface area contributed by atoms with Crippen LogP contribution in [-0.4, -0.2) is 36.0 Å². The zero-order valence-electron chi connectivity index (χ0n) is 9.76. The van der Waals surface area contributed by atoms with Crippen molar-refractivity contribution < 1.29 is 14.3 Å². The van der Waals surface area contributed by atoms with Gasteiger partial charge < -0.3 is 4.74 Å². The number of ether oxygens (including phenoxy) is 1. The van der Waals surface area contributed by atoms with Crippen LogP contribution in [0, 0.1) is 0 Å². The van der Waals surface area contributed by atoms with Crippen molar-refractivity contribution in [2.45, 2.75) is 19.4 Å². The van der Waals surface area contributed by atoms with Gasteiger partial charge in [-0.2, -0.15) is 0 Å². The van der Waals surface area contributed by atoms with Gasteiger partial charge in [0.1, 0.15) is 0 Å². The van der Waals surface area contributed by atoms with Gasteiger partial charge in [0.05, 0.1) is 13.1 Å². The molecule has 1 aromatic rings. The van der Waals surface area contributed by atoms with Gasteiger partial charge in [-0.3, -0.25) is 14.5 Å². The maximum absolute atomic E-state index is 11.2. The number of hydrogen-bond donors (Lipinski definition) is 0. The summed E-state index contributed by atoms with van der Waals surface area (Å²) in [5.41, 5.74) is 1.20. The highest BCUT2D eigenvalue weighted by atomic mass is 16.6. The van der Waals surface area contributed by atoms with Crippen LogP contribution in [0.4, 0.5) is 0 Å². The number of hydrogen-bond acceptors (Lipinski definition) is 4. The summed E-state index contributed by atoms with van der Waals surface area (Å²) in [6.07, 6.45) is 0.821. The topological polar surface area (TPSA) is 46.6 Å². The molecule has 0 bridgehead atoms. The van der Waals surface area contributed by atoms with Gasteiger partial charge in [-0.25, -0.2) is 0 Å². The number of carbonyl (C=O) groups is 2. The minimum atomic E-state index is -0.457. The maximum Gasteiger partial charge on any atom is 0.327 e. The molecule has 1 unspecified atom stereocenters. The molecule has 4 nitrogen and oxygen atoms in total. The molecule has 0 spiro atoms. The van der Waals surface area contributed by atoms with E-state index in [-0.39, 0.29) is 19.1 Å². The molecule has 4 heteroatoms. The fourth-order valence-corrected chi connectivity index (χ4v) is 1.98. The third-order valence-electron chi connectivity index (χ3n) is 2.89. The molecule has 1 aliphatic rings. The molecule has 90 valence electrons. The lowest BCUT2D eigenvalue weighted by atomic mass is 10.1. The predicted molar refractivity (Wildman–Crippen MR) is 62.3 cm³/mol. The first kappa shape index (κ1) is 11.8.